The van der Waals surface area contributed by atoms with Gasteiger partial charge in [0.1, 0.15) is 10.8 Å². The highest BCUT2D eigenvalue weighted by Crippen LogP contribution is 2.08. The molecule has 0 aliphatic rings. The maximum atomic E-state index is 10.7. The van der Waals surface area contributed by atoms with Gasteiger partial charge in [-0.05, 0) is 18.1 Å². The van der Waals surface area contributed by atoms with Crippen molar-refractivity contribution in [3.8, 4) is 11.8 Å². The smallest absolute Gasteiger partial charge is 0.185 e. The molecule has 6 heteroatoms. The quantitative estimate of drug-likeness (QED) is 0.626. The van der Waals surface area contributed by atoms with Crippen LogP contribution in [-0.4, -0.2) is 25.5 Å². The Morgan fingerprint density at radius 1 is 1.56 bits per heavy atom. The number of imidazole rings is 1. The zero-order chi connectivity index (χ0) is 13.0. The first-order valence-corrected chi connectivity index (χ1v) is 6.66. The number of aromatic nitrogens is 3. The Labute approximate surface area is 114 Å². The molecule has 0 unspecified atom stereocenters. The molecule has 18 heavy (non-hydrogen) atoms. The predicted molar refractivity (Wildman–Crippen MR) is 72.6 cm³/mol. The first kappa shape index (κ1) is 12.9. The number of fused-ring (bicyclic) bond motifs is 1. The van der Waals surface area contributed by atoms with Gasteiger partial charge in [-0.3, -0.25) is 4.79 Å². The second-order valence-corrected chi connectivity index (χ2v) is 5.12. The minimum atomic E-state index is 0.111. The van der Waals surface area contributed by atoms with Gasteiger partial charge in [-0.1, -0.05) is 29.3 Å². The minimum absolute atomic E-state index is 0.111. The summed E-state index contributed by atoms with van der Waals surface area (Å²) in [5.74, 6) is 6.66. The van der Waals surface area contributed by atoms with Crippen LogP contribution >= 0.6 is 23.4 Å². The number of carbonyl (C=O) groups is 1. The van der Waals surface area contributed by atoms with Gasteiger partial charge in [0.25, 0.3) is 0 Å². The topological polar surface area (TPSA) is 47.3 Å². The molecule has 0 spiro atoms. The molecule has 0 radical (unpaired) electrons. The van der Waals surface area contributed by atoms with E-state index in [-0.39, 0.29) is 5.12 Å². The van der Waals surface area contributed by atoms with Crippen LogP contribution in [0.1, 0.15) is 19.0 Å². The Balaban J connectivity index is 2.10. The van der Waals surface area contributed by atoms with Crippen molar-refractivity contribution in [1.82, 2.24) is 14.6 Å². The minimum Gasteiger partial charge on any atom is -0.288 e. The number of nitrogens with zero attached hydrogens (tertiary/aromatic N) is 3. The summed E-state index contributed by atoms with van der Waals surface area (Å²) in [4.78, 5) is 14.9. The van der Waals surface area contributed by atoms with Crippen LogP contribution in [0, 0.1) is 11.8 Å². The van der Waals surface area contributed by atoms with E-state index in [1.807, 2.05) is 0 Å². The van der Waals surface area contributed by atoms with Gasteiger partial charge in [0, 0.05) is 19.1 Å². The van der Waals surface area contributed by atoms with Gasteiger partial charge in [0.15, 0.2) is 10.8 Å². The Hall–Kier alpha value is -1.51. The van der Waals surface area contributed by atoms with E-state index in [2.05, 4.69) is 21.9 Å². The molecule has 2 rings (SSSR count). The molecule has 0 saturated carbocycles. The Morgan fingerprint density at radius 3 is 3.17 bits per heavy atom. The van der Waals surface area contributed by atoms with Crippen molar-refractivity contribution in [3.63, 3.8) is 0 Å². The second kappa shape index (κ2) is 5.89. The standard InChI is InChI=1S/C12H10ClN3OS/c1-9(17)18-7-3-2-4-10-8-14-12-6-5-11(13)15-16(10)12/h5-6,8H,3,7H2,1H3. The molecule has 2 heterocycles. The lowest BCUT2D eigenvalue weighted by molar-refractivity contribution is -0.109. The number of rotatable bonds is 2. The summed E-state index contributed by atoms with van der Waals surface area (Å²) < 4.78 is 1.60. The third-order valence-corrected chi connectivity index (χ3v) is 3.09. The third-order valence-electron chi connectivity index (χ3n) is 2.08. The van der Waals surface area contributed by atoms with Gasteiger partial charge in [0.2, 0.25) is 0 Å². The van der Waals surface area contributed by atoms with Gasteiger partial charge in [-0.15, -0.1) is 0 Å². The first-order valence-electron chi connectivity index (χ1n) is 5.29. The first-order chi connectivity index (χ1) is 8.66. The number of thioether (sulfide) groups is 1. The number of hydrogen-bond acceptors (Lipinski definition) is 4. The predicted octanol–water partition coefficient (Wildman–Crippen LogP) is 2.40. The molecule has 0 aliphatic heterocycles. The van der Waals surface area contributed by atoms with Crippen LogP contribution in [0.2, 0.25) is 5.15 Å². The van der Waals surface area contributed by atoms with Crippen molar-refractivity contribution in [3.05, 3.63) is 29.2 Å². The van der Waals surface area contributed by atoms with Gasteiger partial charge in [-0.25, -0.2) is 9.50 Å². The highest BCUT2D eigenvalue weighted by atomic mass is 35.5. The van der Waals surface area contributed by atoms with Gasteiger partial charge in [-0.2, -0.15) is 5.10 Å². The van der Waals surface area contributed by atoms with E-state index in [9.17, 15) is 4.79 Å². The van der Waals surface area contributed by atoms with Crippen LogP contribution in [0.5, 0.6) is 0 Å². The zero-order valence-corrected chi connectivity index (χ0v) is 11.3. The molecule has 0 atom stereocenters. The summed E-state index contributed by atoms with van der Waals surface area (Å²) >= 11 is 7.09. The van der Waals surface area contributed by atoms with E-state index in [1.54, 1.807) is 29.8 Å². The Morgan fingerprint density at radius 2 is 2.39 bits per heavy atom. The summed E-state index contributed by atoms with van der Waals surface area (Å²) in [6, 6.07) is 3.47. The molecule has 2 aromatic rings. The molecular weight excluding hydrogens is 270 g/mol. The number of carbonyl (C=O) groups excluding carboxylic acids is 1. The lowest BCUT2D eigenvalue weighted by atomic mass is 10.4. The van der Waals surface area contributed by atoms with Gasteiger partial charge >= 0.3 is 0 Å². The molecule has 0 aromatic carbocycles. The third kappa shape index (κ3) is 3.25. The van der Waals surface area contributed by atoms with Crippen LogP contribution in [0.3, 0.4) is 0 Å². The van der Waals surface area contributed by atoms with Crippen LogP contribution < -0.4 is 0 Å². The van der Waals surface area contributed by atoms with Crippen molar-refractivity contribution in [2.45, 2.75) is 13.3 Å². The van der Waals surface area contributed by atoms with E-state index in [1.165, 1.54) is 11.8 Å². The fraction of sp³-hybridized carbons (Fsp3) is 0.250. The fourth-order valence-electron chi connectivity index (χ4n) is 1.34. The maximum absolute atomic E-state index is 10.7. The highest BCUT2D eigenvalue weighted by molar-refractivity contribution is 8.13. The molecule has 0 N–H and O–H groups in total. The average Bonchev–Trinajstić information content (AvgIpc) is 2.71. The summed E-state index contributed by atoms with van der Waals surface area (Å²) in [7, 11) is 0. The van der Waals surface area contributed by atoms with Crippen molar-refractivity contribution >= 4 is 34.1 Å². The summed E-state index contributed by atoms with van der Waals surface area (Å²) in [6.45, 7) is 1.55. The van der Waals surface area contributed by atoms with E-state index in [0.717, 1.165) is 0 Å². The summed E-state index contributed by atoms with van der Waals surface area (Å²) in [6.07, 6.45) is 2.31. The summed E-state index contributed by atoms with van der Waals surface area (Å²) in [5, 5.41) is 4.63. The number of halogens is 1. The van der Waals surface area contributed by atoms with E-state index in [4.69, 9.17) is 11.6 Å². The molecule has 0 saturated heterocycles. The molecule has 4 nitrogen and oxygen atoms in total. The zero-order valence-electron chi connectivity index (χ0n) is 9.68. The molecule has 0 fully saturated rings. The number of hydrogen-bond donors (Lipinski definition) is 0. The van der Waals surface area contributed by atoms with Gasteiger partial charge in [0.05, 0.1) is 6.20 Å². The molecule has 0 aliphatic carbocycles. The normalized spacial score (nSPS) is 10.1. The Bertz CT molecular complexity index is 642. The van der Waals surface area contributed by atoms with Crippen molar-refractivity contribution < 1.29 is 4.79 Å². The molecular formula is C12H10ClN3OS. The van der Waals surface area contributed by atoms with E-state index in [0.29, 0.717) is 28.7 Å². The molecule has 92 valence electrons. The van der Waals surface area contributed by atoms with E-state index < -0.39 is 0 Å². The second-order valence-electron chi connectivity index (χ2n) is 3.46. The molecule has 0 amide bonds. The van der Waals surface area contributed by atoms with Crippen molar-refractivity contribution in [2.75, 3.05) is 5.75 Å². The SMILES string of the molecule is CC(=O)SCCC#Cc1cnc2ccc(Cl)nn12. The van der Waals surface area contributed by atoms with Gasteiger partial charge < -0.3 is 0 Å². The highest BCUT2D eigenvalue weighted by Gasteiger charge is 2.01. The lowest BCUT2D eigenvalue weighted by Gasteiger charge is -1.94. The molecule has 2 aromatic heterocycles. The summed E-state index contributed by atoms with van der Waals surface area (Å²) in [5.41, 5.74) is 1.40. The van der Waals surface area contributed by atoms with Crippen LogP contribution in [0.15, 0.2) is 18.3 Å². The van der Waals surface area contributed by atoms with Crippen LogP contribution in [0.25, 0.3) is 5.65 Å². The van der Waals surface area contributed by atoms with Crippen molar-refractivity contribution in [2.24, 2.45) is 0 Å². The lowest BCUT2D eigenvalue weighted by Crippen LogP contribution is -1.94. The van der Waals surface area contributed by atoms with Crippen LogP contribution in [0.4, 0.5) is 0 Å². The van der Waals surface area contributed by atoms with Crippen LogP contribution in [-0.2, 0) is 4.79 Å². The average molecular weight is 280 g/mol. The maximum Gasteiger partial charge on any atom is 0.185 e. The Kier molecular flexibility index (Phi) is 4.24. The van der Waals surface area contributed by atoms with E-state index >= 15 is 0 Å². The monoisotopic (exact) mass is 279 g/mol. The van der Waals surface area contributed by atoms with Crippen molar-refractivity contribution in [1.29, 1.82) is 0 Å². The largest absolute Gasteiger partial charge is 0.288 e. The fourth-order valence-corrected chi connectivity index (χ4v) is 1.97. The molecule has 0 bridgehead atoms.